The normalized spacial score (nSPS) is 17.7. The maximum absolute atomic E-state index is 15.2. The Morgan fingerprint density at radius 2 is 1.55 bits per heavy atom. The summed E-state index contributed by atoms with van der Waals surface area (Å²) in [5.74, 6) is -6.50. The lowest BCUT2D eigenvalue weighted by molar-refractivity contribution is -0.155. The summed E-state index contributed by atoms with van der Waals surface area (Å²) in [7, 11) is 0. The van der Waals surface area contributed by atoms with Crippen LogP contribution >= 0.6 is 0 Å². The number of rotatable bonds is 15. The standard InChI is InChI=1S/C34H53F2N5O8/c1-21(42)26(37)34(35,36)27(43)23(16-11-12-18-38-30(46)48-32(2,3)4)39-28(44)25-17-13-19-41(25)29(45)24(20-22-14-9-8-10-15-22)40-31(47)49-33(5,6)7/h8-10,14-15,23-27,43H,11-13,16-20,37H2,1-7H3,(H,38,46)(H,39,44)(H,40,47)/t23?,24-,25+,26?,27?/m1/s1. The van der Waals surface area contributed by atoms with Gasteiger partial charge in [0, 0.05) is 19.5 Å². The molecule has 4 amide bonds. The van der Waals surface area contributed by atoms with Crippen molar-refractivity contribution in [1.29, 1.82) is 0 Å². The van der Waals surface area contributed by atoms with Gasteiger partial charge in [0.1, 0.15) is 35.4 Å². The first-order valence-electron chi connectivity index (χ1n) is 16.6. The van der Waals surface area contributed by atoms with Crippen LogP contribution < -0.4 is 21.7 Å². The molecule has 1 heterocycles. The average molecular weight is 698 g/mol. The number of aliphatic hydroxyl groups excluding tert-OH is 1. The number of carbonyl (C=O) groups excluding carboxylic acids is 5. The summed E-state index contributed by atoms with van der Waals surface area (Å²) >= 11 is 0. The minimum Gasteiger partial charge on any atom is -0.444 e. The van der Waals surface area contributed by atoms with Crippen molar-refractivity contribution in [2.45, 2.75) is 134 Å². The second kappa shape index (κ2) is 17.7. The second-order valence-electron chi connectivity index (χ2n) is 14.3. The van der Waals surface area contributed by atoms with Crippen LogP contribution in [0.25, 0.3) is 0 Å². The molecule has 5 atom stereocenters. The van der Waals surface area contributed by atoms with Crippen molar-refractivity contribution < 1.29 is 47.3 Å². The van der Waals surface area contributed by atoms with Gasteiger partial charge < -0.3 is 41.2 Å². The fourth-order valence-corrected chi connectivity index (χ4v) is 5.31. The Kier molecular flexibility index (Phi) is 14.9. The highest BCUT2D eigenvalue weighted by Crippen LogP contribution is 2.28. The fraction of sp³-hybridized carbons (Fsp3) is 0.676. The minimum absolute atomic E-state index is 0.0948. The molecule has 0 spiro atoms. The lowest BCUT2D eigenvalue weighted by atomic mass is 9.92. The van der Waals surface area contributed by atoms with Crippen molar-refractivity contribution in [3.63, 3.8) is 0 Å². The van der Waals surface area contributed by atoms with E-state index in [1.165, 1.54) is 4.90 Å². The molecule has 3 unspecified atom stereocenters. The molecule has 1 saturated heterocycles. The molecule has 1 aromatic rings. The Morgan fingerprint density at radius 3 is 2.12 bits per heavy atom. The van der Waals surface area contributed by atoms with Gasteiger partial charge in [0.15, 0.2) is 5.78 Å². The number of nitrogens with two attached hydrogens (primary N) is 1. The van der Waals surface area contributed by atoms with Crippen molar-refractivity contribution in [3.8, 4) is 0 Å². The number of unbranched alkanes of at least 4 members (excludes halogenated alkanes) is 1. The molecule has 1 fully saturated rings. The van der Waals surface area contributed by atoms with Crippen molar-refractivity contribution in [1.82, 2.24) is 20.9 Å². The molecule has 6 N–H and O–H groups in total. The lowest BCUT2D eigenvalue weighted by Gasteiger charge is -2.34. The lowest BCUT2D eigenvalue weighted by Crippen LogP contribution is -2.62. The molecule has 49 heavy (non-hydrogen) atoms. The van der Waals surface area contributed by atoms with E-state index in [0.29, 0.717) is 6.42 Å². The topological polar surface area (TPSA) is 189 Å². The summed E-state index contributed by atoms with van der Waals surface area (Å²) in [5, 5.41) is 18.5. The quantitative estimate of drug-likeness (QED) is 0.172. The maximum atomic E-state index is 15.2. The molecule has 15 heteroatoms. The van der Waals surface area contributed by atoms with E-state index in [2.05, 4.69) is 16.0 Å². The number of aliphatic hydroxyl groups is 1. The number of alkyl halides is 2. The molecule has 0 aromatic heterocycles. The van der Waals surface area contributed by atoms with Gasteiger partial charge >= 0.3 is 12.2 Å². The number of ketones is 1. The van der Waals surface area contributed by atoms with Crippen molar-refractivity contribution in [2.75, 3.05) is 13.1 Å². The molecular formula is C34H53F2N5O8. The van der Waals surface area contributed by atoms with E-state index in [-0.39, 0.29) is 45.2 Å². The molecular weight excluding hydrogens is 644 g/mol. The highest BCUT2D eigenvalue weighted by Gasteiger charge is 2.51. The van der Waals surface area contributed by atoms with Crippen LogP contribution in [-0.4, -0.2) is 100 Å². The van der Waals surface area contributed by atoms with E-state index in [0.717, 1.165) is 12.5 Å². The minimum atomic E-state index is -4.10. The third-order valence-electron chi connectivity index (χ3n) is 7.68. The number of nitrogens with one attached hydrogen (secondary N) is 3. The summed E-state index contributed by atoms with van der Waals surface area (Å²) in [5.41, 5.74) is 4.64. The van der Waals surface area contributed by atoms with Crippen LogP contribution in [0.1, 0.15) is 86.1 Å². The number of amides is 4. The van der Waals surface area contributed by atoms with E-state index >= 15 is 8.78 Å². The molecule has 0 bridgehead atoms. The first kappa shape index (κ1) is 41.3. The Labute approximate surface area is 287 Å². The SMILES string of the molecule is CC(=O)C(N)C(F)(F)C(O)C(CCCCNC(=O)OC(C)(C)C)NC(=O)[C@@H]1CCCN1C(=O)[C@@H](Cc1ccccc1)NC(=O)OC(C)(C)C. The number of alkyl carbamates (subject to hydrolysis) is 2. The Balaban J connectivity index is 2.24. The monoisotopic (exact) mass is 697 g/mol. The Bertz CT molecular complexity index is 1290. The molecule has 0 aliphatic carbocycles. The third kappa shape index (κ3) is 13.5. The van der Waals surface area contributed by atoms with Crippen molar-refractivity contribution >= 4 is 29.8 Å². The van der Waals surface area contributed by atoms with Gasteiger partial charge in [-0.3, -0.25) is 14.4 Å². The van der Waals surface area contributed by atoms with E-state index in [1.807, 2.05) is 0 Å². The summed E-state index contributed by atoms with van der Waals surface area (Å²) < 4.78 is 40.9. The Morgan fingerprint density at radius 1 is 0.959 bits per heavy atom. The van der Waals surface area contributed by atoms with Gasteiger partial charge in [-0.25, -0.2) is 18.4 Å². The number of hydrogen-bond donors (Lipinski definition) is 5. The molecule has 1 aliphatic heterocycles. The van der Waals surface area contributed by atoms with E-state index in [4.69, 9.17) is 15.2 Å². The average Bonchev–Trinajstić information content (AvgIpc) is 3.47. The number of ether oxygens (including phenoxy) is 2. The number of nitrogens with zero attached hydrogens (tertiary/aromatic N) is 1. The van der Waals surface area contributed by atoms with Gasteiger partial charge in [-0.15, -0.1) is 0 Å². The number of likely N-dealkylation sites (tertiary alicyclic amines) is 1. The van der Waals surface area contributed by atoms with Crippen molar-refractivity contribution in [3.05, 3.63) is 35.9 Å². The van der Waals surface area contributed by atoms with Gasteiger partial charge in [0.05, 0.1) is 6.04 Å². The van der Waals surface area contributed by atoms with Crippen LogP contribution in [0.3, 0.4) is 0 Å². The Hall–Kier alpha value is -3.85. The largest absolute Gasteiger partial charge is 0.444 e. The van der Waals surface area contributed by atoms with Gasteiger partial charge in [-0.05, 0) is 86.1 Å². The fourth-order valence-electron chi connectivity index (χ4n) is 5.31. The molecule has 1 aliphatic rings. The molecule has 13 nitrogen and oxygen atoms in total. The van der Waals surface area contributed by atoms with E-state index in [1.54, 1.807) is 71.9 Å². The first-order chi connectivity index (χ1) is 22.6. The number of Topliss-reactive ketones (excluding diaryl/α,β-unsaturated/α-hetero) is 1. The summed E-state index contributed by atoms with van der Waals surface area (Å²) in [4.78, 5) is 65.2. The van der Waals surface area contributed by atoms with Crippen molar-refractivity contribution in [2.24, 2.45) is 5.73 Å². The number of benzene rings is 1. The van der Waals surface area contributed by atoms with Gasteiger partial charge in [-0.1, -0.05) is 30.3 Å². The van der Waals surface area contributed by atoms with Crippen LogP contribution in [-0.2, 0) is 30.3 Å². The molecule has 0 radical (unpaired) electrons. The van der Waals surface area contributed by atoms with Gasteiger partial charge in [-0.2, -0.15) is 0 Å². The van der Waals surface area contributed by atoms with Crippen LogP contribution in [0.2, 0.25) is 0 Å². The summed E-state index contributed by atoms with van der Waals surface area (Å²) in [6.45, 7) is 11.3. The maximum Gasteiger partial charge on any atom is 0.408 e. The van der Waals surface area contributed by atoms with Crippen LogP contribution in [0.4, 0.5) is 18.4 Å². The molecule has 276 valence electrons. The second-order valence-corrected chi connectivity index (χ2v) is 14.3. The summed E-state index contributed by atoms with van der Waals surface area (Å²) in [6, 6.07) is 2.85. The number of carbonyl (C=O) groups is 5. The molecule has 0 saturated carbocycles. The number of halogens is 2. The zero-order valence-electron chi connectivity index (χ0n) is 29.5. The van der Waals surface area contributed by atoms with Gasteiger partial charge in [0.25, 0.3) is 5.92 Å². The highest BCUT2D eigenvalue weighted by atomic mass is 19.3. The van der Waals surface area contributed by atoms with Crippen LogP contribution in [0, 0.1) is 0 Å². The third-order valence-corrected chi connectivity index (χ3v) is 7.68. The molecule has 2 rings (SSSR count). The van der Waals surface area contributed by atoms with E-state index in [9.17, 15) is 29.1 Å². The zero-order chi connectivity index (χ0) is 37.2. The molecule has 1 aromatic carbocycles. The number of hydrogen-bond acceptors (Lipinski definition) is 9. The van der Waals surface area contributed by atoms with Crippen LogP contribution in [0.5, 0.6) is 0 Å². The van der Waals surface area contributed by atoms with Gasteiger partial charge in [0.2, 0.25) is 11.8 Å². The highest BCUT2D eigenvalue weighted by molar-refractivity contribution is 5.92. The predicted octanol–water partition coefficient (Wildman–Crippen LogP) is 3.21. The predicted molar refractivity (Wildman–Crippen MR) is 178 cm³/mol. The summed E-state index contributed by atoms with van der Waals surface area (Å²) in [6.07, 6.45) is -3.01. The zero-order valence-corrected chi connectivity index (χ0v) is 29.5. The first-order valence-corrected chi connectivity index (χ1v) is 16.6. The smallest absolute Gasteiger partial charge is 0.408 e. The van der Waals surface area contributed by atoms with Crippen LogP contribution in [0.15, 0.2) is 30.3 Å². The van der Waals surface area contributed by atoms with E-state index < -0.39 is 77.2 Å².